The molecule has 1 N–H and O–H groups in total. The lowest BCUT2D eigenvalue weighted by Crippen LogP contribution is -2.20. The van der Waals surface area contributed by atoms with E-state index in [0.717, 1.165) is 22.7 Å². The number of amides is 1. The minimum absolute atomic E-state index is 0.169. The molecule has 0 saturated heterocycles. The predicted molar refractivity (Wildman–Crippen MR) is 104 cm³/mol. The van der Waals surface area contributed by atoms with Crippen LogP contribution in [-0.2, 0) is 17.8 Å². The highest BCUT2D eigenvalue weighted by atomic mass is 35.5. The summed E-state index contributed by atoms with van der Waals surface area (Å²) in [6.45, 7) is 0.414. The van der Waals surface area contributed by atoms with E-state index in [1.54, 1.807) is 23.5 Å². The Kier molecular flexibility index (Phi) is 5.99. The molecule has 0 aliphatic heterocycles. The molecule has 3 nitrogen and oxygen atoms in total. The summed E-state index contributed by atoms with van der Waals surface area (Å²) in [7, 11) is 0. The van der Waals surface area contributed by atoms with E-state index in [2.05, 4.69) is 22.4 Å². The summed E-state index contributed by atoms with van der Waals surface area (Å²) in [4.78, 5) is 16.5. The average molecular weight is 369 g/mol. The van der Waals surface area contributed by atoms with Crippen molar-refractivity contribution in [3.8, 4) is 0 Å². The fourth-order valence-corrected chi connectivity index (χ4v) is 3.32. The van der Waals surface area contributed by atoms with Crippen LogP contribution in [0.25, 0.3) is 6.08 Å². The van der Waals surface area contributed by atoms with Gasteiger partial charge in [-0.15, -0.1) is 11.3 Å². The molecule has 1 aromatic heterocycles. The maximum absolute atomic E-state index is 11.9. The molecule has 0 unspecified atom stereocenters. The minimum atomic E-state index is -0.169. The van der Waals surface area contributed by atoms with Gasteiger partial charge in [0.05, 0.1) is 17.2 Å². The molecule has 1 amide bonds. The van der Waals surface area contributed by atoms with Crippen molar-refractivity contribution in [2.24, 2.45) is 0 Å². The van der Waals surface area contributed by atoms with Gasteiger partial charge in [-0.2, -0.15) is 0 Å². The maximum Gasteiger partial charge on any atom is 0.244 e. The van der Waals surface area contributed by atoms with Crippen molar-refractivity contribution >= 4 is 34.9 Å². The zero-order valence-electron chi connectivity index (χ0n) is 13.5. The molecule has 25 heavy (non-hydrogen) atoms. The van der Waals surface area contributed by atoms with Crippen LogP contribution in [0.2, 0.25) is 5.02 Å². The van der Waals surface area contributed by atoms with Crippen LogP contribution in [0.1, 0.15) is 21.8 Å². The number of hydrogen-bond donors (Lipinski definition) is 1. The minimum Gasteiger partial charge on any atom is -0.347 e. The van der Waals surface area contributed by atoms with E-state index in [0.29, 0.717) is 11.6 Å². The second kappa shape index (κ2) is 8.60. The molecule has 126 valence electrons. The van der Waals surface area contributed by atoms with Crippen LogP contribution in [0.3, 0.4) is 0 Å². The molecule has 1 heterocycles. The largest absolute Gasteiger partial charge is 0.347 e. The molecule has 0 saturated carbocycles. The van der Waals surface area contributed by atoms with Crippen LogP contribution in [0.4, 0.5) is 0 Å². The zero-order chi connectivity index (χ0) is 17.5. The third kappa shape index (κ3) is 5.28. The average Bonchev–Trinajstić information content (AvgIpc) is 3.07. The maximum atomic E-state index is 11.9. The molecule has 2 aromatic carbocycles. The number of aromatic nitrogens is 1. The van der Waals surface area contributed by atoms with Crippen LogP contribution >= 0.6 is 22.9 Å². The number of nitrogens with one attached hydrogen (secondary N) is 1. The SMILES string of the molecule is O=C(/C=C/c1ccccc1Cl)NCc1csc(Cc2ccccc2)n1. The summed E-state index contributed by atoms with van der Waals surface area (Å²) < 4.78 is 0. The lowest BCUT2D eigenvalue weighted by atomic mass is 10.2. The van der Waals surface area contributed by atoms with Crippen LogP contribution in [0.5, 0.6) is 0 Å². The Hall–Kier alpha value is -2.43. The number of nitrogens with zero attached hydrogens (tertiary/aromatic N) is 1. The highest BCUT2D eigenvalue weighted by Crippen LogP contribution is 2.16. The van der Waals surface area contributed by atoms with Crippen molar-refractivity contribution in [1.82, 2.24) is 10.3 Å². The molecular weight excluding hydrogens is 352 g/mol. The van der Waals surface area contributed by atoms with Gasteiger partial charge in [-0.05, 0) is 23.3 Å². The molecule has 0 atom stereocenters. The fraction of sp³-hybridized carbons (Fsp3) is 0.100. The molecule has 3 aromatic rings. The van der Waals surface area contributed by atoms with Gasteiger partial charge in [-0.25, -0.2) is 4.98 Å². The zero-order valence-corrected chi connectivity index (χ0v) is 15.1. The van der Waals surface area contributed by atoms with Crippen LogP contribution in [-0.4, -0.2) is 10.9 Å². The smallest absolute Gasteiger partial charge is 0.244 e. The van der Waals surface area contributed by atoms with E-state index in [-0.39, 0.29) is 5.91 Å². The Morgan fingerprint density at radius 1 is 1.12 bits per heavy atom. The molecule has 0 radical (unpaired) electrons. The Morgan fingerprint density at radius 3 is 2.68 bits per heavy atom. The molecule has 0 spiro atoms. The van der Waals surface area contributed by atoms with E-state index in [1.807, 2.05) is 41.8 Å². The monoisotopic (exact) mass is 368 g/mol. The molecule has 0 bridgehead atoms. The number of thiazole rings is 1. The number of carbonyl (C=O) groups is 1. The molecular formula is C20H17ClN2OS. The van der Waals surface area contributed by atoms with Crippen LogP contribution in [0, 0.1) is 0 Å². The first kappa shape index (κ1) is 17.4. The third-order valence-electron chi connectivity index (χ3n) is 3.56. The number of halogens is 1. The van der Waals surface area contributed by atoms with Gasteiger partial charge in [0, 0.05) is 22.9 Å². The van der Waals surface area contributed by atoms with Gasteiger partial charge in [0.2, 0.25) is 5.91 Å². The van der Waals surface area contributed by atoms with E-state index in [4.69, 9.17) is 11.6 Å². The van der Waals surface area contributed by atoms with Gasteiger partial charge >= 0.3 is 0 Å². The van der Waals surface area contributed by atoms with E-state index < -0.39 is 0 Å². The highest BCUT2D eigenvalue weighted by molar-refractivity contribution is 7.09. The Balaban J connectivity index is 1.52. The second-order valence-electron chi connectivity index (χ2n) is 5.47. The van der Waals surface area contributed by atoms with E-state index >= 15 is 0 Å². The fourth-order valence-electron chi connectivity index (χ4n) is 2.29. The summed E-state index contributed by atoms with van der Waals surface area (Å²) in [6.07, 6.45) is 4.00. The first-order chi connectivity index (χ1) is 12.2. The Bertz CT molecular complexity index is 874. The number of benzene rings is 2. The molecule has 0 fully saturated rings. The van der Waals surface area contributed by atoms with E-state index in [9.17, 15) is 4.79 Å². The van der Waals surface area contributed by atoms with Crippen molar-refractivity contribution in [3.63, 3.8) is 0 Å². The second-order valence-corrected chi connectivity index (χ2v) is 6.82. The van der Waals surface area contributed by atoms with Gasteiger partial charge in [-0.1, -0.05) is 60.1 Å². The lowest BCUT2D eigenvalue weighted by molar-refractivity contribution is -0.116. The quantitative estimate of drug-likeness (QED) is 0.640. The van der Waals surface area contributed by atoms with Gasteiger partial charge in [0.15, 0.2) is 0 Å². The topological polar surface area (TPSA) is 42.0 Å². The standard InChI is InChI=1S/C20H17ClN2OS/c21-18-9-5-4-8-16(18)10-11-19(24)22-13-17-14-25-20(23-17)12-15-6-2-1-3-7-15/h1-11,14H,12-13H2,(H,22,24)/b11-10+. The first-order valence-corrected chi connectivity index (χ1v) is 9.14. The number of carbonyl (C=O) groups excluding carboxylic acids is 1. The van der Waals surface area contributed by atoms with Gasteiger partial charge < -0.3 is 5.32 Å². The van der Waals surface area contributed by atoms with Crippen molar-refractivity contribution in [3.05, 3.63) is 92.9 Å². The molecule has 3 rings (SSSR count). The van der Waals surface area contributed by atoms with Gasteiger partial charge in [0.25, 0.3) is 0 Å². The molecule has 0 aliphatic carbocycles. The van der Waals surface area contributed by atoms with Gasteiger partial charge in [0.1, 0.15) is 0 Å². The number of hydrogen-bond acceptors (Lipinski definition) is 3. The van der Waals surface area contributed by atoms with Crippen molar-refractivity contribution in [2.45, 2.75) is 13.0 Å². The molecule has 5 heteroatoms. The Labute approximate surface area is 156 Å². The van der Waals surface area contributed by atoms with Crippen LogP contribution in [0.15, 0.2) is 66.1 Å². The van der Waals surface area contributed by atoms with Crippen molar-refractivity contribution in [2.75, 3.05) is 0 Å². The summed E-state index contributed by atoms with van der Waals surface area (Å²) in [5, 5.41) is 6.49. The summed E-state index contributed by atoms with van der Waals surface area (Å²) in [5.74, 6) is -0.169. The van der Waals surface area contributed by atoms with Gasteiger partial charge in [-0.3, -0.25) is 4.79 Å². The van der Waals surface area contributed by atoms with Crippen molar-refractivity contribution in [1.29, 1.82) is 0 Å². The summed E-state index contributed by atoms with van der Waals surface area (Å²) in [5.41, 5.74) is 2.92. The van der Waals surface area contributed by atoms with E-state index in [1.165, 1.54) is 11.6 Å². The van der Waals surface area contributed by atoms with Crippen LogP contribution < -0.4 is 5.32 Å². The normalized spacial score (nSPS) is 10.9. The van der Waals surface area contributed by atoms with Crippen molar-refractivity contribution < 1.29 is 4.79 Å². The molecule has 0 aliphatic rings. The Morgan fingerprint density at radius 2 is 1.88 bits per heavy atom. The summed E-state index contributed by atoms with van der Waals surface area (Å²) >= 11 is 7.67. The third-order valence-corrected chi connectivity index (χ3v) is 4.80. The predicted octanol–water partition coefficient (Wildman–Crippen LogP) is 4.72. The summed E-state index contributed by atoms with van der Waals surface area (Å²) in [6, 6.07) is 17.6. The number of rotatable bonds is 6. The lowest BCUT2D eigenvalue weighted by Gasteiger charge is -2.00. The first-order valence-electron chi connectivity index (χ1n) is 7.88. The highest BCUT2D eigenvalue weighted by Gasteiger charge is 2.04.